The fraction of sp³-hybridized carbons (Fsp3) is 0.214. The van der Waals surface area contributed by atoms with Crippen LogP contribution in [-0.2, 0) is 0 Å². The molecule has 0 saturated heterocycles. The first-order valence-electron chi connectivity index (χ1n) is 5.90. The lowest BCUT2D eigenvalue weighted by atomic mass is 10.1. The number of nitrogens with one attached hydrogen (secondary N) is 1. The van der Waals surface area contributed by atoms with Gasteiger partial charge >= 0.3 is 0 Å². The van der Waals surface area contributed by atoms with E-state index in [0.717, 1.165) is 4.88 Å². The standard InChI is InChI=1S/C14H15ClN2OS/c1-8-6-7-12(19-8)9(2)17-14(18)10-4-3-5-11(16)13(10)15/h3-7,9H,16H2,1-2H3,(H,17,18). The zero-order valence-corrected chi connectivity index (χ0v) is 12.3. The molecular weight excluding hydrogens is 280 g/mol. The second-order valence-electron chi connectivity index (χ2n) is 4.35. The van der Waals surface area contributed by atoms with Gasteiger partial charge in [0.2, 0.25) is 0 Å². The largest absolute Gasteiger partial charge is 0.398 e. The van der Waals surface area contributed by atoms with Crippen LogP contribution < -0.4 is 11.1 Å². The first-order valence-corrected chi connectivity index (χ1v) is 7.09. The van der Waals surface area contributed by atoms with E-state index in [2.05, 4.69) is 5.32 Å². The molecule has 0 aliphatic carbocycles. The maximum absolute atomic E-state index is 12.2. The molecule has 0 bridgehead atoms. The molecule has 1 aromatic heterocycles. The van der Waals surface area contributed by atoms with Gasteiger partial charge in [0, 0.05) is 9.75 Å². The Balaban J connectivity index is 2.15. The van der Waals surface area contributed by atoms with Crippen molar-refractivity contribution in [3.63, 3.8) is 0 Å². The topological polar surface area (TPSA) is 55.1 Å². The third-order valence-electron chi connectivity index (χ3n) is 2.81. The van der Waals surface area contributed by atoms with Gasteiger partial charge in [-0.05, 0) is 38.1 Å². The number of carbonyl (C=O) groups excluding carboxylic acids is 1. The minimum Gasteiger partial charge on any atom is -0.398 e. The average molecular weight is 295 g/mol. The van der Waals surface area contributed by atoms with Crippen molar-refractivity contribution in [2.45, 2.75) is 19.9 Å². The van der Waals surface area contributed by atoms with Crippen LogP contribution >= 0.6 is 22.9 Å². The molecule has 0 radical (unpaired) electrons. The van der Waals surface area contributed by atoms with Gasteiger partial charge in [0.25, 0.3) is 5.91 Å². The maximum atomic E-state index is 12.2. The number of hydrogen-bond acceptors (Lipinski definition) is 3. The summed E-state index contributed by atoms with van der Waals surface area (Å²) in [6, 6.07) is 9.06. The fourth-order valence-electron chi connectivity index (χ4n) is 1.76. The summed E-state index contributed by atoms with van der Waals surface area (Å²) in [6.45, 7) is 3.99. The average Bonchev–Trinajstić information content (AvgIpc) is 2.79. The molecule has 3 N–H and O–H groups in total. The van der Waals surface area contributed by atoms with Gasteiger partial charge < -0.3 is 11.1 Å². The molecule has 2 rings (SSSR count). The van der Waals surface area contributed by atoms with Crippen LogP contribution in [0.25, 0.3) is 0 Å². The molecule has 1 aromatic carbocycles. The number of hydrogen-bond donors (Lipinski definition) is 2. The van der Waals surface area contributed by atoms with E-state index >= 15 is 0 Å². The molecular formula is C14H15ClN2OS. The monoisotopic (exact) mass is 294 g/mol. The van der Waals surface area contributed by atoms with Crippen molar-refractivity contribution in [3.05, 3.63) is 50.7 Å². The lowest BCUT2D eigenvalue weighted by Crippen LogP contribution is -2.26. The maximum Gasteiger partial charge on any atom is 0.253 e. The van der Waals surface area contributed by atoms with Crippen LogP contribution in [0, 0.1) is 6.92 Å². The molecule has 3 nitrogen and oxygen atoms in total. The molecule has 0 spiro atoms. The molecule has 19 heavy (non-hydrogen) atoms. The summed E-state index contributed by atoms with van der Waals surface area (Å²) in [5, 5.41) is 3.23. The Kier molecular flexibility index (Phi) is 4.12. The van der Waals surface area contributed by atoms with Crippen molar-refractivity contribution in [2.24, 2.45) is 0 Å². The molecule has 1 unspecified atom stereocenters. The smallest absolute Gasteiger partial charge is 0.253 e. The first-order chi connectivity index (χ1) is 8.99. The number of nitrogen functional groups attached to an aromatic ring is 1. The summed E-state index contributed by atoms with van der Waals surface area (Å²) in [5.41, 5.74) is 6.51. The summed E-state index contributed by atoms with van der Waals surface area (Å²) >= 11 is 7.71. The Hall–Kier alpha value is -1.52. The van der Waals surface area contributed by atoms with Crippen molar-refractivity contribution in [1.29, 1.82) is 0 Å². The quantitative estimate of drug-likeness (QED) is 0.846. The van der Waals surface area contributed by atoms with Crippen LogP contribution in [0.4, 0.5) is 5.69 Å². The Morgan fingerprint density at radius 3 is 2.74 bits per heavy atom. The number of benzene rings is 1. The second-order valence-corrected chi connectivity index (χ2v) is 6.05. The number of amides is 1. The van der Waals surface area contributed by atoms with Crippen LogP contribution in [0.5, 0.6) is 0 Å². The highest BCUT2D eigenvalue weighted by atomic mass is 35.5. The number of aryl methyl sites for hydroxylation is 1. The summed E-state index contributed by atoms with van der Waals surface area (Å²) in [7, 11) is 0. The van der Waals surface area contributed by atoms with Gasteiger partial charge in [-0.1, -0.05) is 17.7 Å². The summed E-state index contributed by atoms with van der Waals surface area (Å²) < 4.78 is 0. The number of carbonyl (C=O) groups is 1. The Morgan fingerprint density at radius 2 is 2.11 bits per heavy atom. The van der Waals surface area contributed by atoms with E-state index in [1.165, 1.54) is 4.88 Å². The fourth-order valence-corrected chi connectivity index (χ4v) is 2.85. The zero-order valence-electron chi connectivity index (χ0n) is 10.7. The summed E-state index contributed by atoms with van der Waals surface area (Å²) in [4.78, 5) is 14.5. The van der Waals surface area contributed by atoms with Crippen LogP contribution in [0.1, 0.15) is 33.1 Å². The first kappa shape index (κ1) is 13.9. The van der Waals surface area contributed by atoms with Crippen molar-refractivity contribution >= 4 is 34.5 Å². The highest BCUT2D eigenvalue weighted by Crippen LogP contribution is 2.25. The van der Waals surface area contributed by atoms with Crippen molar-refractivity contribution in [1.82, 2.24) is 5.32 Å². The van der Waals surface area contributed by atoms with Crippen LogP contribution in [0.15, 0.2) is 30.3 Å². The number of halogens is 1. The predicted octanol–water partition coefficient (Wildman–Crippen LogP) is 3.78. The highest BCUT2D eigenvalue weighted by Gasteiger charge is 2.16. The van der Waals surface area contributed by atoms with E-state index in [4.69, 9.17) is 17.3 Å². The van der Waals surface area contributed by atoms with E-state index in [1.807, 2.05) is 26.0 Å². The van der Waals surface area contributed by atoms with Crippen LogP contribution in [0.3, 0.4) is 0 Å². The molecule has 1 heterocycles. The summed E-state index contributed by atoms with van der Waals surface area (Å²) in [5.74, 6) is -0.212. The molecule has 1 amide bonds. The third kappa shape index (κ3) is 3.08. The van der Waals surface area contributed by atoms with E-state index in [9.17, 15) is 4.79 Å². The SMILES string of the molecule is Cc1ccc(C(C)NC(=O)c2cccc(N)c2Cl)s1. The third-order valence-corrected chi connectivity index (χ3v) is 4.41. The normalized spacial score (nSPS) is 12.2. The van der Waals surface area contributed by atoms with Gasteiger partial charge in [0.15, 0.2) is 0 Å². The van der Waals surface area contributed by atoms with E-state index in [1.54, 1.807) is 29.5 Å². The molecule has 5 heteroatoms. The molecule has 0 aliphatic heterocycles. The van der Waals surface area contributed by atoms with Crippen LogP contribution in [0.2, 0.25) is 5.02 Å². The van der Waals surface area contributed by atoms with Crippen molar-refractivity contribution < 1.29 is 4.79 Å². The Bertz CT molecular complexity index is 609. The Labute approximate surface area is 121 Å². The molecule has 1 atom stereocenters. The molecule has 2 aromatic rings. The second kappa shape index (κ2) is 5.63. The lowest BCUT2D eigenvalue weighted by Gasteiger charge is -2.13. The van der Waals surface area contributed by atoms with Crippen molar-refractivity contribution in [3.8, 4) is 0 Å². The molecule has 0 fully saturated rings. The van der Waals surface area contributed by atoms with Gasteiger partial charge in [-0.15, -0.1) is 11.3 Å². The number of anilines is 1. The molecule has 0 saturated carbocycles. The molecule has 100 valence electrons. The zero-order chi connectivity index (χ0) is 14.0. The van der Waals surface area contributed by atoms with Gasteiger partial charge in [0.1, 0.15) is 0 Å². The number of thiophene rings is 1. The van der Waals surface area contributed by atoms with E-state index < -0.39 is 0 Å². The van der Waals surface area contributed by atoms with Crippen molar-refractivity contribution in [2.75, 3.05) is 5.73 Å². The Morgan fingerprint density at radius 1 is 1.37 bits per heavy atom. The minimum atomic E-state index is -0.212. The number of nitrogens with two attached hydrogens (primary N) is 1. The van der Waals surface area contributed by atoms with Crippen LogP contribution in [-0.4, -0.2) is 5.91 Å². The van der Waals surface area contributed by atoms with Gasteiger partial charge in [-0.2, -0.15) is 0 Å². The molecule has 0 aliphatic rings. The van der Waals surface area contributed by atoms with E-state index in [-0.39, 0.29) is 11.9 Å². The van der Waals surface area contributed by atoms with Gasteiger partial charge in [-0.25, -0.2) is 0 Å². The van der Waals surface area contributed by atoms with E-state index in [0.29, 0.717) is 16.3 Å². The minimum absolute atomic E-state index is 0.0521. The lowest BCUT2D eigenvalue weighted by molar-refractivity contribution is 0.0940. The number of rotatable bonds is 3. The predicted molar refractivity (Wildman–Crippen MR) is 80.8 cm³/mol. The summed E-state index contributed by atoms with van der Waals surface area (Å²) in [6.07, 6.45) is 0. The van der Waals surface area contributed by atoms with Gasteiger partial charge in [-0.3, -0.25) is 4.79 Å². The van der Waals surface area contributed by atoms with Gasteiger partial charge in [0.05, 0.1) is 22.3 Å². The highest BCUT2D eigenvalue weighted by molar-refractivity contribution is 7.12.